The average molecular weight is 271 g/mol. The van der Waals surface area contributed by atoms with Crippen molar-refractivity contribution < 1.29 is 0 Å². The monoisotopic (exact) mass is 271 g/mol. The van der Waals surface area contributed by atoms with E-state index >= 15 is 0 Å². The summed E-state index contributed by atoms with van der Waals surface area (Å²) < 4.78 is 0. The Morgan fingerprint density at radius 1 is 1.10 bits per heavy atom. The molecule has 1 aromatic heterocycles. The number of hydrogen-bond acceptors (Lipinski definition) is 5. The highest BCUT2D eigenvalue weighted by Crippen LogP contribution is 2.21. The highest BCUT2D eigenvalue weighted by Gasteiger charge is 2.11. The van der Waals surface area contributed by atoms with E-state index in [-0.39, 0.29) is 0 Å². The first-order valence-electron chi connectivity index (χ1n) is 6.94. The molecule has 0 aliphatic carbocycles. The van der Waals surface area contributed by atoms with Crippen molar-refractivity contribution in [3.63, 3.8) is 0 Å². The minimum atomic E-state index is 0.524. The Morgan fingerprint density at radius 2 is 1.85 bits per heavy atom. The summed E-state index contributed by atoms with van der Waals surface area (Å²) in [7, 11) is 1.94. The zero-order valence-electron chi connectivity index (χ0n) is 12.3. The number of aryl methyl sites for hydroxylation is 2. The van der Waals surface area contributed by atoms with Gasteiger partial charge in [0.1, 0.15) is 0 Å². The summed E-state index contributed by atoms with van der Waals surface area (Å²) in [4.78, 5) is 6.55. The first-order valence-corrected chi connectivity index (χ1v) is 6.94. The summed E-state index contributed by atoms with van der Waals surface area (Å²) in [6.45, 7) is 4.68. The molecule has 20 heavy (non-hydrogen) atoms. The van der Waals surface area contributed by atoms with Crippen molar-refractivity contribution in [1.29, 1.82) is 0 Å². The minimum absolute atomic E-state index is 0.524. The Bertz CT molecular complexity index is 582. The van der Waals surface area contributed by atoms with Gasteiger partial charge in [-0.1, -0.05) is 26.0 Å². The number of rotatable bonds is 5. The minimum Gasteiger partial charge on any atom is -0.326 e. The van der Waals surface area contributed by atoms with Crippen LogP contribution in [-0.4, -0.2) is 22.2 Å². The molecule has 5 nitrogen and oxygen atoms in total. The van der Waals surface area contributed by atoms with Crippen LogP contribution >= 0.6 is 0 Å². The Labute approximate surface area is 119 Å². The summed E-state index contributed by atoms with van der Waals surface area (Å²) >= 11 is 0. The normalized spacial score (nSPS) is 10.6. The van der Waals surface area contributed by atoms with Crippen LogP contribution in [0.15, 0.2) is 24.3 Å². The van der Waals surface area contributed by atoms with Crippen molar-refractivity contribution in [2.24, 2.45) is 5.73 Å². The lowest BCUT2D eigenvalue weighted by Gasteiger charge is -2.18. The van der Waals surface area contributed by atoms with E-state index in [1.807, 2.05) is 36.2 Å². The maximum absolute atomic E-state index is 5.68. The number of hydrogen-bond donors (Lipinski definition) is 1. The summed E-state index contributed by atoms with van der Waals surface area (Å²) in [5, 5.41) is 8.50. The molecular weight excluding hydrogens is 250 g/mol. The number of nitrogens with zero attached hydrogens (tertiary/aromatic N) is 4. The van der Waals surface area contributed by atoms with Crippen LogP contribution in [-0.2, 0) is 19.4 Å². The van der Waals surface area contributed by atoms with Gasteiger partial charge in [-0.05, 0) is 30.5 Å². The lowest BCUT2D eigenvalue weighted by molar-refractivity contribution is 0.810. The van der Waals surface area contributed by atoms with Gasteiger partial charge >= 0.3 is 0 Å². The molecule has 5 heteroatoms. The van der Waals surface area contributed by atoms with Crippen LogP contribution in [0.2, 0.25) is 0 Å². The number of aromatic nitrogens is 3. The van der Waals surface area contributed by atoms with E-state index < -0.39 is 0 Å². The van der Waals surface area contributed by atoms with E-state index in [1.165, 1.54) is 0 Å². The predicted molar refractivity (Wildman–Crippen MR) is 81.0 cm³/mol. The van der Waals surface area contributed by atoms with E-state index in [4.69, 9.17) is 5.73 Å². The van der Waals surface area contributed by atoms with Gasteiger partial charge in [-0.3, -0.25) is 0 Å². The summed E-state index contributed by atoms with van der Waals surface area (Å²) in [6.07, 6.45) is 1.72. The molecule has 0 aliphatic heterocycles. The lowest BCUT2D eigenvalue weighted by Crippen LogP contribution is -2.16. The van der Waals surface area contributed by atoms with Gasteiger partial charge in [-0.2, -0.15) is 0 Å². The van der Waals surface area contributed by atoms with Crippen LogP contribution < -0.4 is 10.6 Å². The standard InChI is InChI=1S/C15H21N5/c1-4-13-14(5-2)18-19-15(17-13)20(3)12-8-6-7-11(9-12)10-16/h6-9H,4-5,10,16H2,1-3H3. The van der Waals surface area contributed by atoms with Crippen LogP contribution in [0, 0.1) is 0 Å². The fraction of sp³-hybridized carbons (Fsp3) is 0.400. The van der Waals surface area contributed by atoms with Crippen LogP contribution in [0.4, 0.5) is 11.6 Å². The molecule has 0 unspecified atom stereocenters. The van der Waals surface area contributed by atoms with Gasteiger partial charge in [0.2, 0.25) is 5.95 Å². The van der Waals surface area contributed by atoms with E-state index in [0.717, 1.165) is 35.5 Å². The van der Waals surface area contributed by atoms with Crippen molar-refractivity contribution in [2.45, 2.75) is 33.2 Å². The molecule has 0 spiro atoms. The smallest absolute Gasteiger partial charge is 0.249 e. The highest BCUT2D eigenvalue weighted by molar-refractivity contribution is 5.57. The van der Waals surface area contributed by atoms with Gasteiger partial charge in [-0.25, -0.2) is 4.98 Å². The van der Waals surface area contributed by atoms with Crippen molar-refractivity contribution in [2.75, 3.05) is 11.9 Å². The highest BCUT2D eigenvalue weighted by atomic mass is 15.3. The second-order valence-corrected chi connectivity index (χ2v) is 4.65. The molecule has 106 valence electrons. The molecule has 0 saturated heterocycles. The van der Waals surface area contributed by atoms with Gasteiger partial charge < -0.3 is 10.6 Å². The fourth-order valence-corrected chi connectivity index (χ4v) is 2.08. The molecule has 1 heterocycles. The molecule has 1 aromatic carbocycles. The van der Waals surface area contributed by atoms with Gasteiger partial charge in [-0.15, -0.1) is 10.2 Å². The Kier molecular flexibility index (Phi) is 4.63. The number of benzene rings is 1. The zero-order valence-corrected chi connectivity index (χ0v) is 12.3. The predicted octanol–water partition coefficient (Wildman–Crippen LogP) is 2.22. The van der Waals surface area contributed by atoms with Gasteiger partial charge in [0.25, 0.3) is 0 Å². The number of anilines is 2. The first kappa shape index (κ1) is 14.4. The van der Waals surface area contributed by atoms with Crippen molar-refractivity contribution in [3.05, 3.63) is 41.2 Å². The van der Waals surface area contributed by atoms with E-state index in [2.05, 4.69) is 29.0 Å². The quantitative estimate of drug-likeness (QED) is 0.903. The molecular formula is C15H21N5. The Morgan fingerprint density at radius 3 is 2.50 bits per heavy atom. The second kappa shape index (κ2) is 6.43. The van der Waals surface area contributed by atoms with Crippen molar-refractivity contribution in [1.82, 2.24) is 15.2 Å². The fourth-order valence-electron chi connectivity index (χ4n) is 2.08. The summed E-state index contributed by atoms with van der Waals surface area (Å²) in [5.74, 6) is 0.619. The molecule has 0 radical (unpaired) electrons. The first-order chi connectivity index (χ1) is 9.69. The molecule has 2 rings (SSSR count). The largest absolute Gasteiger partial charge is 0.326 e. The van der Waals surface area contributed by atoms with Gasteiger partial charge in [0.15, 0.2) is 0 Å². The maximum atomic E-state index is 5.68. The molecule has 0 aliphatic rings. The van der Waals surface area contributed by atoms with E-state index in [1.54, 1.807) is 0 Å². The average Bonchev–Trinajstić information content (AvgIpc) is 2.53. The van der Waals surface area contributed by atoms with E-state index in [9.17, 15) is 0 Å². The topological polar surface area (TPSA) is 67.9 Å². The zero-order chi connectivity index (χ0) is 14.5. The third-order valence-electron chi connectivity index (χ3n) is 3.33. The van der Waals surface area contributed by atoms with Crippen LogP contribution in [0.5, 0.6) is 0 Å². The van der Waals surface area contributed by atoms with Gasteiger partial charge in [0.05, 0.1) is 11.4 Å². The van der Waals surface area contributed by atoms with Gasteiger partial charge in [0, 0.05) is 19.3 Å². The molecule has 0 bridgehead atoms. The van der Waals surface area contributed by atoms with Crippen molar-refractivity contribution in [3.8, 4) is 0 Å². The summed E-state index contributed by atoms with van der Waals surface area (Å²) in [6, 6.07) is 8.06. The molecule has 2 N–H and O–H groups in total. The maximum Gasteiger partial charge on any atom is 0.249 e. The molecule has 2 aromatic rings. The van der Waals surface area contributed by atoms with Crippen molar-refractivity contribution >= 4 is 11.6 Å². The Balaban J connectivity index is 2.34. The SMILES string of the molecule is CCc1nnc(N(C)c2cccc(CN)c2)nc1CC. The lowest BCUT2D eigenvalue weighted by atomic mass is 10.2. The second-order valence-electron chi connectivity index (χ2n) is 4.65. The summed E-state index contributed by atoms with van der Waals surface area (Å²) in [5.41, 5.74) is 9.77. The molecule has 0 atom stereocenters. The van der Waals surface area contributed by atoms with Crippen LogP contribution in [0.3, 0.4) is 0 Å². The number of nitrogens with two attached hydrogens (primary N) is 1. The Hall–Kier alpha value is -2.01. The third kappa shape index (κ3) is 2.93. The molecule has 0 amide bonds. The third-order valence-corrected chi connectivity index (χ3v) is 3.33. The van der Waals surface area contributed by atoms with Crippen LogP contribution in [0.1, 0.15) is 30.8 Å². The molecule has 0 saturated carbocycles. The van der Waals surface area contributed by atoms with Crippen LogP contribution in [0.25, 0.3) is 0 Å². The van der Waals surface area contributed by atoms with E-state index in [0.29, 0.717) is 12.5 Å². The molecule has 0 fully saturated rings.